The zero-order valence-electron chi connectivity index (χ0n) is 16.2. The van der Waals surface area contributed by atoms with Crippen molar-refractivity contribution in [2.45, 2.75) is 19.2 Å². The zero-order valence-corrected chi connectivity index (χ0v) is 16.2. The molecule has 4 nitrogen and oxygen atoms in total. The summed E-state index contributed by atoms with van der Waals surface area (Å²) >= 11 is 0. The number of ether oxygens (including phenoxy) is 1. The summed E-state index contributed by atoms with van der Waals surface area (Å²) in [6.45, 7) is 3.22. The minimum Gasteiger partial charge on any atom is -0.387 e. The quantitative estimate of drug-likeness (QED) is 0.579. The molecule has 0 bridgehead atoms. The fourth-order valence-corrected chi connectivity index (χ4v) is 3.24. The summed E-state index contributed by atoms with van der Waals surface area (Å²) in [4.78, 5) is 2.19. The summed E-state index contributed by atoms with van der Waals surface area (Å²) in [5, 5.41) is 10.6. The lowest BCUT2D eigenvalue weighted by molar-refractivity contribution is 0.0837. The van der Waals surface area contributed by atoms with E-state index in [2.05, 4.69) is 15.5 Å². The molecule has 1 aromatic heterocycles. The van der Waals surface area contributed by atoms with Crippen LogP contribution >= 0.6 is 0 Å². The summed E-state index contributed by atoms with van der Waals surface area (Å²) in [7, 11) is 1.68. The van der Waals surface area contributed by atoms with E-state index in [0.29, 0.717) is 26.2 Å². The summed E-state index contributed by atoms with van der Waals surface area (Å²) in [6, 6.07) is 20.4. The van der Waals surface area contributed by atoms with Gasteiger partial charge in [-0.1, -0.05) is 42.5 Å². The predicted octanol–water partition coefficient (Wildman–Crippen LogP) is 3.86. The minimum absolute atomic E-state index is 0.225. The fourth-order valence-electron chi connectivity index (χ4n) is 3.24. The lowest BCUT2D eigenvalue weighted by Crippen LogP contribution is -2.32. The third-order valence-corrected chi connectivity index (χ3v) is 4.80. The van der Waals surface area contributed by atoms with Crippen LogP contribution in [0.3, 0.4) is 0 Å². The van der Waals surface area contributed by atoms with Gasteiger partial charge in [0.2, 0.25) is 0 Å². The van der Waals surface area contributed by atoms with E-state index in [0.717, 1.165) is 23.4 Å². The molecular weight excluding hydrogens is 355 g/mol. The number of aliphatic hydroxyl groups excluding tert-OH is 1. The van der Waals surface area contributed by atoms with E-state index in [1.807, 2.05) is 42.6 Å². The maximum atomic E-state index is 13.1. The van der Waals surface area contributed by atoms with Gasteiger partial charge in [0.05, 0.1) is 12.7 Å². The summed E-state index contributed by atoms with van der Waals surface area (Å²) in [5.74, 6) is -0.225. The molecule has 1 atom stereocenters. The van der Waals surface area contributed by atoms with E-state index in [4.69, 9.17) is 4.74 Å². The molecule has 0 radical (unpaired) electrons. The van der Waals surface area contributed by atoms with Crippen LogP contribution in [0.25, 0.3) is 0 Å². The van der Waals surface area contributed by atoms with Crippen molar-refractivity contribution in [3.8, 4) is 0 Å². The van der Waals surface area contributed by atoms with Gasteiger partial charge < -0.3 is 14.4 Å². The van der Waals surface area contributed by atoms with Crippen molar-refractivity contribution < 1.29 is 14.2 Å². The molecule has 0 aliphatic carbocycles. The molecule has 0 aliphatic heterocycles. The Kier molecular flexibility index (Phi) is 7.37. The van der Waals surface area contributed by atoms with Crippen LogP contribution in [0.2, 0.25) is 0 Å². The number of halogens is 1. The first kappa shape index (κ1) is 20.3. The van der Waals surface area contributed by atoms with Crippen LogP contribution in [-0.2, 0) is 17.8 Å². The molecule has 0 saturated heterocycles. The Hall–Kier alpha value is -2.47. The third kappa shape index (κ3) is 5.76. The van der Waals surface area contributed by atoms with Gasteiger partial charge in [-0.05, 0) is 35.4 Å². The number of benzene rings is 2. The van der Waals surface area contributed by atoms with Gasteiger partial charge in [-0.15, -0.1) is 0 Å². The molecule has 0 amide bonds. The maximum absolute atomic E-state index is 13.1. The predicted molar refractivity (Wildman–Crippen MR) is 108 cm³/mol. The molecule has 5 heteroatoms. The summed E-state index contributed by atoms with van der Waals surface area (Å²) in [5.41, 5.74) is 3.10. The van der Waals surface area contributed by atoms with Gasteiger partial charge in [-0.2, -0.15) is 0 Å². The van der Waals surface area contributed by atoms with Crippen LogP contribution in [0, 0.1) is 5.82 Å². The monoisotopic (exact) mass is 382 g/mol. The van der Waals surface area contributed by atoms with Gasteiger partial charge in [0.15, 0.2) is 0 Å². The molecule has 0 spiro atoms. The normalized spacial score (nSPS) is 12.4. The highest BCUT2D eigenvalue weighted by atomic mass is 19.1. The summed E-state index contributed by atoms with van der Waals surface area (Å²) in [6.07, 6.45) is 1.47. The number of nitrogens with zero attached hydrogens (tertiary/aromatic N) is 2. The fraction of sp³-hybridized carbons (Fsp3) is 0.304. The Morgan fingerprint density at radius 2 is 1.79 bits per heavy atom. The Bertz CT molecular complexity index is 833. The average Bonchev–Trinajstić information content (AvgIpc) is 3.15. The van der Waals surface area contributed by atoms with Gasteiger partial charge in [-0.3, -0.25) is 4.90 Å². The number of hydrogen-bond acceptors (Lipinski definition) is 3. The van der Waals surface area contributed by atoms with Gasteiger partial charge in [0, 0.05) is 45.2 Å². The highest BCUT2D eigenvalue weighted by molar-refractivity contribution is 5.19. The van der Waals surface area contributed by atoms with Crippen LogP contribution in [0.15, 0.2) is 72.9 Å². The Balaban J connectivity index is 1.69. The van der Waals surface area contributed by atoms with Crippen molar-refractivity contribution in [2.24, 2.45) is 0 Å². The van der Waals surface area contributed by atoms with E-state index < -0.39 is 6.10 Å². The minimum atomic E-state index is -0.557. The van der Waals surface area contributed by atoms with Crippen LogP contribution in [-0.4, -0.2) is 41.4 Å². The molecule has 0 aliphatic rings. The topological polar surface area (TPSA) is 37.6 Å². The molecule has 0 saturated carbocycles. The van der Waals surface area contributed by atoms with E-state index in [9.17, 15) is 9.50 Å². The number of aliphatic hydroxyl groups is 1. The average molecular weight is 382 g/mol. The van der Waals surface area contributed by atoms with Crippen LogP contribution in [0.5, 0.6) is 0 Å². The number of rotatable bonds is 10. The first-order chi connectivity index (χ1) is 13.7. The maximum Gasteiger partial charge on any atom is 0.123 e. The van der Waals surface area contributed by atoms with Gasteiger partial charge in [-0.25, -0.2) is 4.39 Å². The Morgan fingerprint density at radius 1 is 1.04 bits per heavy atom. The molecule has 148 valence electrons. The largest absolute Gasteiger partial charge is 0.387 e. The number of methoxy groups -OCH3 is 1. The molecule has 3 rings (SSSR count). The lowest BCUT2D eigenvalue weighted by atomic mass is 10.1. The van der Waals surface area contributed by atoms with Crippen molar-refractivity contribution in [3.05, 3.63) is 95.6 Å². The first-order valence-corrected chi connectivity index (χ1v) is 9.48. The lowest BCUT2D eigenvalue weighted by Gasteiger charge is -2.25. The molecule has 3 aromatic rings. The highest BCUT2D eigenvalue weighted by Crippen LogP contribution is 2.17. The molecule has 28 heavy (non-hydrogen) atoms. The molecule has 1 heterocycles. The van der Waals surface area contributed by atoms with Crippen molar-refractivity contribution in [3.63, 3.8) is 0 Å². The van der Waals surface area contributed by atoms with Crippen LogP contribution in [0.4, 0.5) is 4.39 Å². The molecule has 0 fully saturated rings. The van der Waals surface area contributed by atoms with E-state index in [-0.39, 0.29) is 5.82 Å². The molecule has 2 aromatic carbocycles. The van der Waals surface area contributed by atoms with Crippen LogP contribution in [0.1, 0.15) is 22.9 Å². The molecular formula is C23H27FN2O2. The second-order valence-electron chi connectivity index (χ2n) is 6.91. The van der Waals surface area contributed by atoms with E-state index >= 15 is 0 Å². The Morgan fingerprint density at radius 3 is 2.50 bits per heavy atom. The second kappa shape index (κ2) is 10.2. The standard InChI is InChI=1S/C23H27FN2O2/c1-28-15-14-25(18-23(27)20-6-3-2-4-7-20)17-22-8-5-13-26(22)16-19-9-11-21(24)12-10-19/h2-13,23,27H,14-18H2,1H3. The van der Waals surface area contributed by atoms with Crippen molar-refractivity contribution in [1.29, 1.82) is 0 Å². The van der Waals surface area contributed by atoms with Gasteiger partial charge in [0.25, 0.3) is 0 Å². The highest BCUT2D eigenvalue weighted by Gasteiger charge is 2.15. The van der Waals surface area contributed by atoms with Gasteiger partial charge in [0.1, 0.15) is 5.82 Å². The van der Waals surface area contributed by atoms with E-state index in [1.54, 1.807) is 19.2 Å². The van der Waals surface area contributed by atoms with Crippen molar-refractivity contribution in [2.75, 3.05) is 26.8 Å². The smallest absolute Gasteiger partial charge is 0.123 e. The SMILES string of the molecule is COCCN(Cc1cccn1Cc1ccc(F)cc1)CC(O)c1ccccc1. The second-order valence-corrected chi connectivity index (χ2v) is 6.91. The summed E-state index contributed by atoms with van der Waals surface area (Å²) < 4.78 is 20.6. The zero-order chi connectivity index (χ0) is 19.8. The molecule has 1 unspecified atom stereocenters. The van der Waals surface area contributed by atoms with Crippen LogP contribution < -0.4 is 0 Å². The van der Waals surface area contributed by atoms with E-state index in [1.165, 1.54) is 12.1 Å². The van der Waals surface area contributed by atoms with Crippen molar-refractivity contribution in [1.82, 2.24) is 9.47 Å². The number of hydrogen-bond donors (Lipinski definition) is 1. The van der Waals surface area contributed by atoms with Gasteiger partial charge >= 0.3 is 0 Å². The number of aromatic nitrogens is 1. The Labute approximate surface area is 165 Å². The third-order valence-electron chi connectivity index (χ3n) is 4.80. The first-order valence-electron chi connectivity index (χ1n) is 9.48. The van der Waals surface area contributed by atoms with Crippen molar-refractivity contribution >= 4 is 0 Å². The molecule has 1 N–H and O–H groups in total.